The van der Waals surface area contributed by atoms with E-state index in [1.165, 1.54) is 0 Å². The Morgan fingerprint density at radius 1 is 1.47 bits per heavy atom. The average molecular weight is 297 g/mol. The van der Waals surface area contributed by atoms with Gasteiger partial charge < -0.3 is 10.1 Å². The lowest BCUT2D eigenvalue weighted by atomic mass is 10.0. The molecule has 102 valence electrons. The van der Waals surface area contributed by atoms with E-state index in [-0.39, 0.29) is 6.04 Å². The molecule has 2 rings (SSSR count). The van der Waals surface area contributed by atoms with Gasteiger partial charge in [0.15, 0.2) is 0 Å². The van der Waals surface area contributed by atoms with Crippen molar-refractivity contribution in [2.75, 3.05) is 14.2 Å². The number of aryl methyl sites for hydroxylation is 1. The minimum absolute atomic E-state index is 0.134. The number of methoxy groups -OCH3 is 1. The van der Waals surface area contributed by atoms with E-state index in [0.717, 1.165) is 28.4 Å². The van der Waals surface area contributed by atoms with E-state index in [4.69, 9.17) is 16.3 Å². The van der Waals surface area contributed by atoms with Crippen molar-refractivity contribution in [2.45, 2.75) is 19.4 Å². The van der Waals surface area contributed by atoms with E-state index in [9.17, 15) is 0 Å². The Labute approximate surface area is 122 Å². The topological polar surface area (TPSA) is 34.2 Å². The molecule has 1 N–H and O–H groups in total. The maximum Gasteiger partial charge on any atom is 0.123 e. The SMILES string of the molecule is CNC(Cc1csc(C)n1)c1cc(Cl)ccc1OC. The van der Waals surface area contributed by atoms with E-state index < -0.39 is 0 Å². The first-order valence-electron chi connectivity index (χ1n) is 6.05. The molecule has 1 atom stereocenters. The van der Waals surface area contributed by atoms with Gasteiger partial charge in [-0.2, -0.15) is 0 Å². The van der Waals surface area contributed by atoms with Crippen LogP contribution in [0.1, 0.15) is 22.3 Å². The summed E-state index contributed by atoms with van der Waals surface area (Å²) >= 11 is 7.75. The summed E-state index contributed by atoms with van der Waals surface area (Å²) in [5, 5.41) is 7.20. The molecule has 1 aromatic carbocycles. The molecule has 0 fully saturated rings. The van der Waals surface area contributed by atoms with Gasteiger partial charge in [0, 0.05) is 28.4 Å². The number of benzene rings is 1. The van der Waals surface area contributed by atoms with E-state index in [2.05, 4.69) is 15.7 Å². The maximum atomic E-state index is 6.09. The summed E-state index contributed by atoms with van der Waals surface area (Å²) in [6.07, 6.45) is 0.817. The van der Waals surface area contributed by atoms with Gasteiger partial charge in [-0.1, -0.05) is 11.6 Å². The van der Waals surface area contributed by atoms with Crippen molar-refractivity contribution in [2.24, 2.45) is 0 Å². The molecule has 0 amide bonds. The Hall–Kier alpha value is -1.10. The molecular formula is C14H17ClN2OS. The Balaban J connectivity index is 2.28. The van der Waals surface area contributed by atoms with Gasteiger partial charge in [0.2, 0.25) is 0 Å². The monoisotopic (exact) mass is 296 g/mol. The predicted molar refractivity (Wildman–Crippen MR) is 80.4 cm³/mol. The van der Waals surface area contributed by atoms with Crippen LogP contribution in [0.3, 0.4) is 0 Å². The molecule has 0 aliphatic rings. The number of hydrogen-bond acceptors (Lipinski definition) is 4. The summed E-state index contributed by atoms with van der Waals surface area (Å²) in [4.78, 5) is 4.51. The number of nitrogens with zero attached hydrogens (tertiary/aromatic N) is 1. The molecular weight excluding hydrogens is 280 g/mol. The standard InChI is InChI=1S/C14H17ClN2OS/c1-9-17-11(8-19-9)7-13(16-2)12-6-10(15)4-5-14(12)18-3/h4-6,8,13,16H,7H2,1-3H3. The van der Waals surface area contributed by atoms with Crippen molar-refractivity contribution in [3.05, 3.63) is 44.9 Å². The van der Waals surface area contributed by atoms with Crippen LogP contribution >= 0.6 is 22.9 Å². The smallest absolute Gasteiger partial charge is 0.123 e. The molecule has 0 saturated carbocycles. The summed E-state index contributed by atoms with van der Waals surface area (Å²) < 4.78 is 5.41. The highest BCUT2D eigenvalue weighted by Crippen LogP contribution is 2.30. The van der Waals surface area contributed by atoms with E-state index in [0.29, 0.717) is 5.02 Å². The summed E-state index contributed by atoms with van der Waals surface area (Å²) in [6, 6.07) is 5.81. The van der Waals surface area contributed by atoms with Gasteiger partial charge in [-0.25, -0.2) is 4.98 Å². The molecule has 3 nitrogen and oxygen atoms in total. The molecule has 2 aromatic rings. The summed E-state index contributed by atoms with van der Waals surface area (Å²) in [7, 11) is 3.61. The number of likely N-dealkylation sites (N-methyl/N-ethyl adjacent to an activating group) is 1. The fourth-order valence-electron chi connectivity index (χ4n) is 2.06. The third kappa shape index (κ3) is 3.47. The zero-order chi connectivity index (χ0) is 13.8. The predicted octanol–water partition coefficient (Wildman–Crippen LogP) is 3.62. The Bertz CT molecular complexity index is 556. The molecule has 0 radical (unpaired) electrons. The highest BCUT2D eigenvalue weighted by Gasteiger charge is 2.16. The molecule has 1 heterocycles. The normalized spacial score (nSPS) is 12.4. The molecule has 0 saturated heterocycles. The minimum Gasteiger partial charge on any atom is -0.496 e. The number of ether oxygens (including phenoxy) is 1. The van der Waals surface area contributed by atoms with Crippen molar-refractivity contribution in [1.29, 1.82) is 0 Å². The number of rotatable bonds is 5. The van der Waals surface area contributed by atoms with Crippen molar-refractivity contribution >= 4 is 22.9 Å². The number of nitrogens with one attached hydrogen (secondary N) is 1. The lowest BCUT2D eigenvalue weighted by molar-refractivity contribution is 0.401. The largest absolute Gasteiger partial charge is 0.496 e. The van der Waals surface area contributed by atoms with Crippen LogP contribution in [0.2, 0.25) is 5.02 Å². The van der Waals surface area contributed by atoms with Crippen LogP contribution in [0.25, 0.3) is 0 Å². The van der Waals surface area contributed by atoms with Crippen LogP contribution < -0.4 is 10.1 Å². The third-order valence-corrected chi connectivity index (χ3v) is 4.05. The maximum absolute atomic E-state index is 6.09. The van der Waals surface area contributed by atoms with Crippen LogP contribution in [-0.4, -0.2) is 19.1 Å². The van der Waals surface area contributed by atoms with E-state index in [1.54, 1.807) is 18.4 Å². The zero-order valence-corrected chi connectivity index (χ0v) is 12.8. The summed E-state index contributed by atoms with van der Waals surface area (Å²) in [5.74, 6) is 0.843. The van der Waals surface area contributed by atoms with Crippen molar-refractivity contribution < 1.29 is 4.74 Å². The minimum atomic E-state index is 0.134. The van der Waals surface area contributed by atoms with Gasteiger partial charge in [-0.3, -0.25) is 0 Å². The number of thiazole rings is 1. The lowest BCUT2D eigenvalue weighted by Crippen LogP contribution is -2.19. The molecule has 19 heavy (non-hydrogen) atoms. The zero-order valence-electron chi connectivity index (χ0n) is 11.2. The first-order chi connectivity index (χ1) is 9.13. The van der Waals surface area contributed by atoms with Gasteiger partial charge in [0.25, 0.3) is 0 Å². The molecule has 5 heteroatoms. The quantitative estimate of drug-likeness (QED) is 0.915. The average Bonchev–Trinajstić information content (AvgIpc) is 2.81. The Morgan fingerprint density at radius 2 is 2.26 bits per heavy atom. The van der Waals surface area contributed by atoms with Crippen molar-refractivity contribution in [1.82, 2.24) is 10.3 Å². The second-order valence-corrected chi connectivity index (χ2v) is 5.79. The van der Waals surface area contributed by atoms with Crippen LogP contribution in [0, 0.1) is 6.92 Å². The van der Waals surface area contributed by atoms with Crippen LogP contribution in [0.15, 0.2) is 23.6 Å². The van der Waals surface area contributed by atoms with Gasteiger partial charge in [0.1, 0.15) is 5.75 Å². The van der Waals surface area contributed by atoms with E-state index >= 15 is 0 Å². The van der Waals surface area contributed by atoms with Gasteiger partial charge in [-0.15, -0.1) is 11.3 Å². The fourth-order valence-corrected chi connectivity index (χ4v) is 2.86. The molecule has 1 aromatic heterocycles. The molecule has 0 aliphatic carbocycles. The Morgan fingerprint density at radius 3 is 2.84 bits per heavy atom. The summed E-state index contributed by atoms with van der Waals surface area (Å²) in [6.45, 7) is 2.02. The van der Waals surface area contributed by atoms with Gasteiger partial charge >= 0.3 is 0 Å². The first kappa shape index (κ1) is 14.3. The highest BCUT2D eigenvalue weighted by molar-refractivity contribution is 7.09. The molecule has 0 spiro atoms. The summed E-state index contributed by atoms with van der Waals surface area (Å²) in [5.41, 5.74) is 2.15. The molecule has 0 bridgehead atoms. The highest BCUT2D eigenvalue weighted by atomic mass is 35.5. The first-order valence-corrected chi connectivity index (χ1v) is 7.31. The van der Waals surface area contributed by atoms with Crippen LogP contribution in [0.5, 0.6) is 5.75 Å². The number of aromatic nitrogens is 1. The second-order valence-electron chi connectivity index (χ2n) is 4.29. The van der Waals surface area contributed by atoms with E-state index in [1.807, 2.05) is 32.2 Å². The van der Waals surface area contributed by atoms with Crippen LogP contribution in [0.4, 0.5) is 0 Å². The number of hydrogen-bond donors (Lipinski definition) is 1. The third-order valence-electron chi connectivity index (χ3n) is 3.00. The number of halogens is 1. The van der Waals surface area contributed by atoms with Gasteiger partial charge in [-0.05, 0) is 32.2 Å². The molecule has 1 unspecified atom stereocenters. The fraction of sp³-hybridized carbons (Fsp3) is 0.357. The van der Waals surface area contributed by atoms with Crippen LogP contribution in [-0.2, 0) is 6.42 Å². The Kier molecular flexibility index (Phi) is 4.80. The molecule has 0 aliphatic heterocycles. The van der Waals surface area contributed by atoms with Crippen molar-refractivity contribution in [3.63, 3.8) is 0 Å². The van der Waals surface area contributed by atoms with Gasteiger partial charge in [0.05, 0.1) is 17.8 Å². The second kappa shape index (κ2) is 6.37. The van der Waals surface area contributed by atoms with Crippen molar-refractivity contribution in [3.8, 4) is 5.75 Å². The lowest BCUT2D eigenvalue weighted by Gasteiger charge is -2.19.